The number of hydrogen-bond donors (Lipinski definition) is 0. The summed E-state index contributed by atoms with van der Waals surface area (Å²) in [5.74, 6) is 0. The lowest BCUT2D eigenvalue weighted by Crippen LogP contribution is -2.41. The molecule has 2 heterocycles. The highest BCUT2D eigenvalue weighted by atomic mass is 16.7. The van der Waals surface area contributed by atoms with Gasteiger partial charge in [-0.25, -0.2) is 0 Å². The van der Waals surface area contributed by atoms with Crippen molar-refractivity contribution in [1.82, 2.24) is 9.78 Å². The van der Waals surface area contributed by atoms with Gasteiger partial charge in [-0.2, -0.15) is 5.10 Å². The zero-order chi connectivity index (χ0) is 13.6. The monoisotopic (exact) mass is 250 g/mol. The first kappa shape index (κ1) is 13.6. The predicted molar refractivity (Wildman–Crippen MR) is 72.9 cm³/mol. The molecule has 0 amide bonds. The van der Waals surface area contributed by atoms with Crippen LogP contribution in [0, 0.1) is 0 Å². The molecule has 0 bridgehead atoms. The lowest BCUT2D eigenvalue weighted by atomic mass is 9.78. The van der Waals surface area contributed by atoms with Gasteiger partial charge in [-0.3, -0.25) is 4.68 Å². The third kappa shape index (κ3) is 2.10. The molecular weight excluding hydrogens is 227 g/mol. The summed E-state index contributed by atoms with van der Waals surface area (Å²) in [5.41, 5.74) is 1.68. The van der Waals surface area contributed by atoms with Gasteiger partial charge in [-0.05, 0) is 34.1 Å². The number of rotatable bonds is 3. The topological polar surface area (TPSA) is 36.3 Å². The van der Waals surface area contributed by atoms with Gasteiger partial charge in [0.1, 0.15) is 0 Å². The first-order chi connectivity index (χ1) is 8.28. The fourth-order valence-electron chi connectivity index (χ4n) is 2.19. The third-order valence-electron chi connectivity index (χ3n) is 4.09. The van der Waals surface area contributed by atoms with Crippen LogP contribution >= 0.6 is 0 Å². The quantitative estimate of drug-likeness (QED) is 0.765. The van der Waals surface area contributed by atoms with Crippen LogP contribution in [0.2, 0.25) is 0 Å². The van der Waals surface area contributed by atoms with Crippen LogP contribution in [0.25, 0.3) is 0 Å². The standard InChI is InChI=1S/C13H23BN2O2/c1-7-8-11-10(9-15-16(11)6)14-17-12(2,3)13(4,5)18-14/h9H,7-8H2,1-6H3. The molecule has 2 rings (SSSR count). The van der Waals surface area contributed by atoms with E-state index >= 15 is 0 Å². The predicted octanol–water partition coefficient (Wildman–Crippen LogP) is 1.67. The Morgan fingerprint density at radius 3 is 2.28 bits per heavy atom. The van der Waals surface area contributed by atoms with Crippen molar-refractivity contribution in [2.45, 2.75) is 58.7 Å². The molecule has 1 fully saturated rings. The molecular formula is C13H23BN2O2. The SMILES string of the molecule is CCCc1c(B2OC(C)(C)C(C)(C)O2)cnn1C. The van der Waals surface area contributed by atoms with Crippen molar-refractivity contribution in [2.75, 3.05) is 0 Å². The molecule has 5 heteroatoms. The van der Waals surface area contributed by atoms with Crippen LogP contribution in [0.3, 0.4) is 0 Å². The van der Waals surface area contributed by atoms with Gasteiger partial charge >= 0.3 is 7.12 Å². The molecule has 0 saturated carbocycles. The Morgan fingerprint density at radius 1 is 1.22 bits per heavy atom. The van der Waals surface area contributed by atoms with Crippen molar-refractivity contribution >= 4 is 12.6 Å². The maximum Gasteiger partial charge on any atom is 0.498 e. The van der Waals surface area contributed by atoms with Crippen molar-refractivity contribution < 1.29 is 9.31 Å². The minimum absolute atomic E-state index is 0.295. The highest BCUT2D eigenvalue weighted by Gasteiger charge is 2.52. The minimum Gasteiger partial charge on any atom is -0.399 e. The second-order valence-electron chi connectivity index (χ2n) is 6.01. The summed E-state index contributed by atoms with van der Waals surface area (Å²) in [6, 6.07) is 0. The maximum atomic E-state index is 6.07. The van der Waals surface area contributed by atoms with Gasteiger partial charge in [0.15, 0.2) is 0 Å². The number of nitrogens with zero attached hydrogens (tertiary/aromatic N) is 2. The van der Waals surface area contributed by atoms with Gasteiger partial charge in [0.05, 0.1) is 11.2 Å². The Balaban J connectivity index is 2.29. The van der Waals surface area contributed by atoms with Crippen LogP contribution in [0.4, 0.5) is 0 Å². The van der Waals surface area contributed by atoms with Crippen LogP contribution in [-0.2, 0) is 22.8 Å². The van der Waals surface area contributed by atoms with E-state index in [2.05, 4.69) is 39.7 Å². The highest BCUT2D eigenvalue weighted by molar-refractivity contribution is 6.62. The Labute approximate surface area is 110 Å². The summed E-state index contributed by atoms with van der Waals surface area (Å²) >= 11 is 0. The maximum absolute atomic E-state index is 6.07. The molecule has 18 heavy (non-hydrogen) atoms. The lowest BCUT2D eigenvalue weighted by Gasteiger charge is -2.32. The van der Waals surface area contributed by atoms with Gasteiger partial charge in [0.2, 0.25) is 0 Å². The van der Waals surface area contributed by atoms with E-state index in [-0.39, 0.29) is 18.3 Å². The fourth-order valence-corrected chi connectivity index (χ4v) is 2.19. The van der Waals surface area contributed by atoms with Crippen LogP contribution < -0.4 is 5.46 Å². The molecule has 1 aromatic rings. The van der Waals surface area contributed by atoms with Crippen LogP contribution in [0.5, 0.6) is 0 Å². The second-order valence-corrected chi connectivity index (χ2v) is 6.01. The summed E-state index contributed by atoms with van der Waals surface area (Å²) in [7, 11) is 1.67. The van der Waals surface area contributed by atoms with Gasteiger partial charge < -0.3 is 9.31 Å². The molecule has 0 unspecified atom stereocenters. The molecule has 0 N–H and O–H groups in total. The first-order valence-electron chi connectivity index (χ1n) is 6.65. The van der Waals surface area contributed by atoms with E-state index in [0.29, 0.717) is 0 Å². The molecule has 0 atom stereocenters. The summed E-state index contributed by atoms with van der Waals surface area (Å²) in [6.45, 7) is 10.5. The van der Waals surface area contributed by atoms with E-state index in [4.69, 9.17) is 9.31 Å². The lowest BCUT2D eigenvalue weighted by molar-refractivity contribution is 0.00578. The smallest absolute Gasteiger partial charge is 0.399 e. The van der Waals surface area contributed by atoms with Gasteiger partial charge in [0.25, 0.3) is 0 Å². The first-order valence-corrected chi connectivity index (χ1v) is 6.65. The molecule has 0 spiro atoms. The van der Waals surface area contributed by atoms with E-state index in [1.165, 1.54) is 5.69 Å². The van der Waals surface area contributed by atoms with Gasteiger partial charge in [-0.15, -0.1) is 0 Å². The molecule has 0 aromatic carbocycles. The van der Waals surface area contributed by atoms with Crippen LogP contribution in [0.1, 0.15) is 46.7 Å². The molecule has 0 radical (unpaired) electrons. The summed E-state index contributed by atoms with van der Waals surface area (Å²) in [6.07, 6.45) is 3.95. The van der Waals surface area contributed by atoms with E-state index in [9.17, 15) is 0 Å². The fraction of sp³-hybridized carbons (Fsp3) is 0.769. The highest BCUT2D eigenvalue weighted by Crippen LogP contribution is 2.36. The molecule has 1 aliphatic heterocycles. The Bertz CT molecular complexity index is 424. The Morgan fingerprint density at radius 2 is 1.78 bits per heavy atom. The van der Waals surface area contributed by atoms with E-state index in [1.807, 2.05) is 17.9 Å². The molecule has 1 saturated heterocycles. The zero-order valence-electron chi connectivity index (χ0n) is 12.3. The van der Waals surface area contributed by atoms with Crippen molar-refractivity contribution in [1.29, 1.82) is 0 Å². The Hall–Kier alpha value is -0.805. The summed E-state index contributed by atoms with van der Waals surface area (Å²) in [4.78, 5) is 0. The number of aryl methyl sites for hydroxylation is 1. The van der Waals surface area contributed by atoms with Crippen molar-refractivity contribution in [3.05, 3.63) is 11.9 Å². The van der Waals surface area contributed by atoms with Crippen molar-refractivity contribution in [3.8, 4) is 0 Å². The molecule has 1 aliphatic rings. The molecule has 4 nitrogen and oxygen atoms in total. The number of aromatic nitrogens is 2. The Kier molecular flexibility index (Phi) is 3.32. The minimum atomic E-state index is -0.301. The average Bonchev–Trinajstić information content (AvgIpc) is 2.68. The second kappa shape index (κ2) is 4.39. The van der Waals surface area contributed by atoms with Crippen LogP contribution in [-0.4, -0.2) is 28.1 Å². The van der Waals surface area contributed by atoms with E-state index in [1.54, 1.807) is 0 Å². The number of hydrogen-bond acceptors (Lipinski definition) is 3. The average molecular weight is 250 g/mol. The largest absolute Gasteiger partial charge is 0.498 e. The van der Waals surface area contributed by atoms with E-state index in [0.717, 1.165) is 18.3 Å². The van der Waals surface area contributed by atoms with Gasteiger partial charge in [-0.1, -0.05) is 13.3 Å². The molecule has 0 aliphatic carbocycles. The molecule has 1 aromatic heterocycles. The summed E-state index contributed by atoms with van der Waals surface area (Å²) < 4.78 is 14.1. The van der Waals surface area contributed by atoms with Crippen LogP contribution in [0.15, 0.2) is 6.20 Å². The van der Waals surface area contributed by atoms with Gasteiger partial charge in [0, 0.05) is 24.4 Å². The van der Waals surface area contributed by atoms with Crippen molar-refractivity contribution in [2.24, 2.45) is 7.05 Å². The zero-order valence-corrected chi connectivity index (χ0v) is 12.3. The molecule has 100 valence electrons. The summed E-state index contributed by atoms with van der Waals surface area (Å²) in [5, 5.41) is 4.33. The van der Waals surface area contributed by atoms with Crippen molar-refractivity contribution in [3.63, 3.8) is 0 Å². The van der Waals surface area contributed by atoms with E-state index < -0.39 is 0 Å². The third-order valence-corrected chi connectivity index (χ3v) is 4.09. The normalized spacial score (nSPS) is 21.6.